The largest absolute Gasteiger partial charge is 0.368 e. The second-order valence-corrected chi connectivity index (χ2v) is 7.08. The number of aromatic nitrogens is 2. The number of carbonyl (C=O) groups is 2. The van der Waals surface area contributed by atoms with Crippen LogP contribution in [0.1, 0.15) is 43.1 Å². The zero-order valence-corrected chi connectivity index (χ0v) is 14.6. The molecule has 2 N–H and O–H groups in total. The van der Waals surface area contributed by atoms with Crippen LogP contribution >= 0.6 is 0 Å². The number of piperidine rings is 2. The summed E-state index contributed by atoms with van der Waals surface area (Å²) in [6, 6.07) is 1.56. The van der Waals surface area contributed by atoms with Gasteiger partial charge in [-0.1, -0.05) is 0 Å². The van der Waals surface area contributed by atoms with Crippen LogP contribution in [0.5, 0.6) is 0 Å². The molecular formula is C17H27N5O2. The summed E-state index contributed by atoms with van der Waals surface area (Å²) in [5.74, 6) is -0.204. The summed E-state index contributed by atoms with van der Waals surface area (Å²) in [6.45, 7) is 4.91. The van der Waals surface area contributed by atoms with Crippen LogP contribution < -0.4 is 5.73 Å². The van der Waals surface area contributed by atoms with E-state index in [0.717, 1.165) is 32.2 Å². The molecule has 0 aromatic carbocycles. The molecule has 24 heavy (non-hydrogen) atoms. The van der Waals surface area contributed by atoms with Gasteiger partial charge in [0, 0.05) is 25.8 Å². The standard InChI is InChI=1S/C17H27N5O2/c1-3-22-13(5-9-19-22)16(24)21-11-7-17(8-12-21)6-4-10-20(2)14(17)15(18)23/h5,9,14H,3-4,6-8,10-12H2,1-2H3,(H2,18,23). The van der Waals surface area contributed by atoms with Crippen molar-refractivity contribution in [2.75, 3.05) is 26.7 Å². The van der Waals surface area contributed by atoms with Gasteiger partial charge in [0.05, 0.1) is 6.04 Å². The van der Waals surface area contributed by atoms with E-state index >= 15 is 0 Å². The van der Waals surface area contributed by atoms with Gasteiger partial charge in [0.1, 0.15) is 5.69 Å². The van der Waals surface area contributed by atoms with Crippen LogP contribution in [0.3, 0.4) is 0 Å². The molecule has 3 heterocycles. The molecule has 2 saturated heterocycles. The van der Waals surface area contributed by atoms with Gasteiger partial charge < -0.3 is 10.6 Å². The Kier molecular flexibility index (Phi) is 4.62. The Morgan fingerprint density at radius 3 is 2.62 bits per heavy atom. The average molecular weight is 333 g/mol. The number of rotatable bonds is 3. The van der Waals surface area contributed by atoms with E-state index in [1.54, 1.807) is 16.9 Å². The monoisotopic (exact) mass is 333 g/mol. The maximum Gasteiger partial charge on any atom is 0.272 e. The summed E-state index contributed by atoms with van der Waals surface area (Å²) in [7, 11) is 1.98. The minimum absolute atomic E-state index is 0.0315. The van der Waals surface area contributed by atoms with Gasteiger partial charge in [0.15, 0.2) is 0 Å². The maximum absolute atomic E-state index is 12.8. The number of likely N-dealkylation sites (N-methyl/N-ethyl adjacent to an activating group) is 1. The second-order valence-electron chi connectivity index (χ2n) is 7.08. The number of hydrogen-bond acceptors (Lipinski definition) is 4. The molecule has 0 saturated carbocycles. The molecule has 0 radical (unpaired) electrons. The Balaban J connectivity index is 1.73. The summed E-state index contributed by atoms with van der Waals surface area (Å²) in [5.41, 5.74) is 6.26. The van der Waals surface area contributed by atoms with E-state index in [1.807, 2.05) is 18.9 Å². The summed E-state index contributed by atoms with van der Waals surface area (Å²) in [5, 5.41) is 4.18. The lowest BCUT2D eigenvalue weighted by Crippen LogP contribution is -2.60. The van der Waals surface area contributed by atoms with Crippen LogP contribution in [0.2, 0.25) is 0 Å². The lowest BCUT2D eigenvalue weighted by atomic mass is 9.66. The molecule has 2 aliphatic heterocycles. The van der Waals surface area contributed by atoms with Crippen molar-refractivity contribution in [1.29, 1.82) is 0 Å². The topological polar surface area (TPSA) is 84.5 Å². The molecule has 1 unspecified atom stereocenters. The fraction of sp³-hybridized carbons (Fsp3) is 0.706. The number of aryl methyl sites for hydroxylation is 1. The molecule has 132 valence electrons. The van der Waals surface area contributed by atoms with Gasteiger partial charge in [-0.3, -0.25) is 19.2 Å². The van der Waals surface area contributed by atoms with Crippen molar-refractivity contribution < 1.29 is 9.59 Å². The smallest absolute Gasteiger partial charge is 0.272 e. The Bertz CT molecular complexity index is 618. The van der Waals surface area contributed by atoms with Gasteiger partial charge in [-0.15, -0.1) is 0 Å². The predicted octanol–water partition coefficient (Wildman–Crippen LogP) is 0.705. The third kappa shape index (κ3) is 2.81. The Morgan fingerprint density at radius 1 is 1.29 bits per heavy atom. The van der Waals surface area contributed by atoms with Gasteiger partial charge in [0.2, 0.25) is 5.91 Å². The summed E-state index contributed by atoms with van der Waals surface area (Å²) in [6.07, 6.45) is 5.42. The highest BCUT2D eigenvalue weighted by Crippen LogP contribution is 2.44. The van der Waals surface area contributed by atoms with E-state index in [-0.39, 0.29) is 23.3 Å². The van der Waals surface area contributed by atoms with Crippen molar-refractivity contribution in [3.63, 3.8) is 0 Å². The molecule has 2 aliphatic rings. The van der Waals surface area contributed by atoms with Crippen LogP contribution in [0, 0.1) is 5.41 Å². The summed E-state index contributed by atoms with van der Waals surface area (Å²) < 4.78 is 1.73. The van der Waals surface area contributed by atoms with E-state index in [4.69, 9.17) is 5.73 Å². The van der Waals surface area contributed by atoms with Gasteiger partial charge in [-0.25, -0.2) is 0 Å². The quantitative estimate of drug-likeness (QED) is 0.883. The fourth-order valence-corrected chi connectivity index (χ4v) is 4.54. The third-order valence-electron chi connectivity index (χ3n) is 5.76. The molecule has 1 spiro atoms. The third-order valence-corrected chi connectivity index (χ3v) is 5.76. The molecule has 0 bridgehead atoms. The fourth-order valence-electron chi connectivity index (χ4n) is 4.54. The number of likely N-dealkylation sites (tertiary alicyclic amines) is 2. The lowest BCUT2D eigenvalue weighted by Gasteiger charge is -2.51. The number of amides is 2. The van der Waals surface area contributed by atoms with Crippen molar-refractivity contribution in [3.8, 4) is 0 Å². The number of carbonyl (C=O) groups excluding carboxylic acids is 2. The van der Waals surface area contributed by atoms with Gasteiger partial charge in [-0.2, -0.15) is 5.10 Å². The highest BCUT2D eigenvalue weighted by molar-refractivity contribution is 5.92. The highest BCUT2D eigenvalue weighted by Gasteiger charge is 2.48. The van der Waals surface area contributed by atoms with Crippen LogP contribution in [-0.2, 0) is 11.3 Å². The van der Waals surface area contributed by atoms with Crippen molar-refractivity contribution in [3.05, 3.63) is 18.0 Å². The molecule has 0 aliphatic carbocycles. The molecule has 7 nitrogen and oxygen atoms in total. The highest BCUT2D eigenvalue weighted by atomic mass is 16.2. The summed E-state index contributed by atoms with van der Waals surface area (Å²) in [4.78, 5) is 28.7. The van der Waals surface area contributed by atoms with E-state index in [0.29, 0.717) is 25.3 Å². The second kappa shape index (κ2) is 6.55. The number of hydrogen-bond donors (Lipinski definition) is 1. The van der Waals surface area contributed by atoms with Gasteiger partial charge >= 0.3 is 0 Å². The van der Waals surface area contributed by atoms with Crippen molar-refractivity contribution in [2.45, 2.75) is 45.2 Å². The van der Waals surface area contributed by atoms with E-state index < -0.39 is 0 Å². The average Bonchev–Trinajstić information content (AvgIpc) is 3.03. The van der Waals surface area contributed by atoms with E-state index in [1.165, 1.54) is 0 Å². The van der Waals surface area contributed by atoms with Crippen molar-refractivity contribution in [2.24, 2.45) is 11.1 Å². The Hall–Kier alpha value is -1.89. The minimum atomic E-state index is -0.235. The molecule has 1 atom stereocenters. The number of nitrogens with zero attached hydrogens (tertiary/aromatic N) is 4. The van der Waals surface area contributed by atoms with Crippen LogP contribution in [0.15, 0.2) is 12.3 Å². The van der Waals surface area contributed by atoms with Crippen molar-refractivity contribution >= 4 is 11.8 Å². The predicted molar refractivity (Wildman–Crippen MR) is 90.3 cm³/mol. The molecule has 1 aromatic heterocycles. The first kappa shape index (κ1) is 17.0. The van der Waals surface area contributed by atoms with E-state index in [2.05, 4.69) is 10.00 Å². The summed E-state index contributed by atoms with van der Waals surface area (Å²) >= 11 is 0. The first-order valence-corrected chi connectivity index (χ1v) is 8.79. The number of nitrogens with two attached hydrogens (primary N) is 1. The van der Waals surface area contributed by atoms with Crippen LogP contribution in [0.25, 0.3) is 0 Å². The molecular weight excluding hydrogens is 306 g/mol. The van der Waals surface area contributed by atoms with Gasteiger partial charge in [0.25, 0.3) is 5.91 Å². The zero-order valence-electron chi connectivity index (χ0n) is 14.6. The maximum atomic E-state index is 12.8. The molecule has 2 fully saturated rings. The minimum Gasteiger partial charge on any atom is -0.368 e. The molecule has 1 aromatic rings. The first-order valence-electron chi connectivity index (χ1n) is 8.79. The van der Waals surface area contributed by atoms with E-state index in [9.17, 15) is 9.59 Å². The zero-order chi connectivity index (χ0) is 17.3. The van der Waals surface area contributed by atoms with Crippen LogP contribution in [0.4, 0.5) is 0 Å². The first-order chi connectivity index (χ1) is 11.5. The molecule has 3 rings (SSSR count). The van der Waals surface area contributed by atoms with Crippen LogP contribution in [-0.4, -0.2) is 64.1 Å². The SMILES string of the molecule is CCn1nccc1C(=O)N1CCC2(CCCN(C)C2C(N)=O)CC1. The molecule has 2 amide bonds. The lowest BCUT2D eigenvalue weighted by molar-refractivity contribution is -0.132. The van der Waals surface area contributed by atoms with Gasteiger partial charge in [-0.05, 0) is 57.7 Å². The van der Waals surface area contributed by atoms with Crippen molar-refractivity contribution in [1.82, 2.24) is 19.6 Å². The Morgan fingerprint density at radius 2 is 2.00 bits per heavy atom. The normalized spacial score (nSPS) is 24.2. The number of primary amides is 1. The molecule has 7 heteroatoms. The Labute approximate surface area is 142 Å².